The van der Waals surface area contributed by atoms with E-state index < -0.39 is 0 Å². The predicted molar refractivity (Wildman–Crippen MR) is 41.9 cm³/mol. The van der Waals surface area contributed by atoms with Gasteiger partial charge in [-0.05, 0) is 17.7 Å². The van der Waals surface area contributed by atoms with Crippen LogP contribution in [0.5, 0.6) is 0 Å². The first-order valence-electron chi connectivity index (χ1n) is 4.00. The van der Waals surface area contributed by atoms with Gasteiger partial charge in [0.05, 0.1) is 0 Å². The van der Waals surface area contributed by atoms with E-state index in [0.717, 1.165) is 18.6 Å². The normalized spacial score (nSPS) is 22.1. The van der Waals surface area contributed by atoms with Crippen LogP contribution >= 0.6 is 0 Å². The second-order valence-corrected chi connectivity index (χ2v) is 2.69. The first-order chi connectivity index (χ1) is 5.90. The summed E-state index contributed by atoms with van der Waals surface area (Å²) in [5, 5.41) is 13.5. The molecule has 0 fully saturated rings. The van der Waals surface area contributed by atoms with Gasteiger partial charge in [0, 0.05) is 6.42 Å². The average Bonchev–Trinajstić information content (AvgIpc) is 2.75. The summed E-state index contributed by atoms with van der Waals surface area (Å²) in [6.07, 6.45) is 4.25. The van der Waals surface area contributed by atoms with Crippen LogP contribution in [0.2, 0.25) is 0 Å². The van der Waals surface area contributed by atoms with Gasteiger partial charge >= 0.3 is 0 Å². The van der Waals surface area contributed by atoms with Gasteiger partial charge in [0.1, 0.15) is 6.10 Å². The molecular formula is C7H10N4O. The van der Waals surface area contributed by atoms with Crippen LogP contribution in [0, 0.1) is 0 Å². The third-order valence-electron chi connectivity index (χ3n) is 1.88. The van der Waals surface area contributed by atoms with E-state index in [9.17, 15) is 0 Å². The Labute approximate surface area is 69.8 Å². The minimum atomic E-state index is 0.290. The molecule has 0 aromatic carbocycles. The van der Waals surface area contributed by atoms with Crippen LogP contribution in [0.3, 0.4) is 0 Å². The molecular weight excluding hydrogens is 156 g/mol. The van der Waals surface area contributed by atoms with Crippen molar-refractivity contribution in [2.75, 3.05) is 0 Å². The van der Waals surface area contributed by atoms with Crippen LogP contribution in [-0.2, 0) is 4.74 Å². The maximum absolute atomic E-state index is 5.53. The average molecular weight is 166 g/mol. The van der Waals surface area contributed by atoms with Crippen LogP contribution in [0.1, 0.15) is 25.6 Å². The molecule has 1 aliphatic rings. The van der Waals surface area contributed by atoms with Crippen molar-refractivity contribution in [2.45, 2.75) is 25.9 Å². The summed E-state index contributed by atoms with van der Waals surface area (Å²) in [6, 6.07) is 0. The lowest BCUT2D eigenvalue weighted by Gasteiger charge is -2.07. The maximum atomic E-state index is 5.53. The zero-order valence-corrected chi connectivity index (χ0v) is 6.82. The molecule has 12 heavy (non-hydrogen) atoms. The molecule has 0 spiro atoms. The van der Waals surface area contributed by atoms with Gasteiger partial charge < -0.3 is 4.74 Å². The molecule has 1 aromatic rings. The predicted octanol–water partition coefficient (Wildman–Crippen LogP) is 0.739. The fourth-order valence-corrected chi connectivity index (χ4v) is 1.17. The Morgan fingerprint density at radius 3 is 3.25 bits per heavy atom. The van der Waals surface area contributed by atoms with Gasteiger partial charge in [0.2, 0.25) is 5.82 Å². The van der Waals surface area contributed by atoms with Gasteiger partial charge in [-0.2, -0.15) is 5.21 Å². The van der Waals surface area contributed by atoms with E-state index in [0.29, 0.717) is 11.9 Å². The molecule has 1 aromatic heterocycles. The van der Waals surface area contributed by atoms with Gasteiger partial charge in [0.15, 0.2) is 5.76 Å². The number of aromatic amines is 1. The van der Waals surface area contributed by atoms with E-state index in [-0.39, 0.29) is 0 Å². The highest BCUT2D eigenvalue weighted by molar-refractivity contribution is 5.53. The summed E-state index contributed by atoms with van der Waals surface area (Å²) in [5.41, 5.74) is 0. The topological polar surface area (TPSA) is 63.7 Å². The number of tetrazole rings is 1. The van der Waals surface area contributed by atoms with E-state index >= 15 is 0 Å². The van der Waals surface area contributed by atoms with Crippen LogP contribution in [0.25, 0.3) is 5.76 Å². The number of nitrogens with zero attached hydrogens (tertiary/aromatic N) is 3. The van der Waals surface area contributed by atoms with E-state index in [4.69, 9.17) is 4.74 Å². The van der Waals surface area contributed by atoms with Gasteiger partial charge in [0.25, 0.3) is 0 Å². The zero-order chi connectivity index (χ0) is 8.39. The van der Waals surface area contributed by atoms with E-state index in [1.165, 1.54) is 0 Å². The number of ether oxygens (including phenoxy) is 1. The lowest BCUT2D eigenvalue weighted by Crippen LogP contribution is -2.03. The van der Waals surface area contributed by atoms with Crippen molar-refractivity contribution in [3.05, 3.63) is 11.9 Å². The summed E-state index contributed by atoms with van der Waals surface area (Å²) in [6.45, 7) is 2.09. The molecule has 5 heteroatoms. The summed E-state index contributed by atoms with van der Waals surface area (Å²) >= 11 is 0. The molecule has 1 aliphatic heterocycles. The van der Waals surface area contributed by atoms with Crippen molar-refractivity contribution >= 4 is 5.76 Å². The molecule has 1 N–H and O–H groups in total. The molecule has 0 bridgehead atoms. The minimum absolute atomic E-state index is 0.290. The standard InChI is InChI=1S/C7H10N4O/c1-2-5-3-4-6(12-5)7-8-10-11-9-7/h4-5H,2-3H2,1H3,(H,8,9,10,11). The molecule has 64 valence electrons. The van der Waals surface area contributed by atoms with Crippen molar-refractivity contribution in [1.82, 2.24) is 20.6 Å². The smallest absolute Gasteiger partial charge is 0.238 e. The number of hydrogen-bond donors (Lipinski definition) is 1. The Balaban J connectivity index is 2.09. The molecule has 2 rings (SSSR count). The SMILES string of the molecule is CCC1CC=C(c2nn[nH]n2)O1. The molecule has 0 saturated carbocycles. The molecule has 0 radical (unpaired) electrons. The zero-order valence-electron chi connectivity index (χ0n) is 6.82. The highest BCUT2D eigenvalue weighted by atomic mass is 16.5. The van der Waals surface area contributed by atoms with Crippen molar-refractivity contribution < 1.29 is 4.74 Å². The van der Waals surface area contributed by atoms with Crippen molar-refractivity contribution in [3.8, 4) is 0 Å². The molecule has 0 aliphatic carbocycles. The Hall–Kier alpha value is -1.39. The third kappa shape index (κ3) is 1.17. The van der Waals surface area contributed by atoms with Gasteiger partial charge in [-0.3, -0.25) is 0 Å². The highest BCUT2D eigenvalue weighted by Gasteiger charge is 2.19. The van der Waals surface area contributed by atoms with Crippen LogP contribution in [0.4, 0.5) is 0 Å². The molecule has 0 saturated heterocycles. The number of H-pyrrole nitrogens is 1. The van der Waals surface area contributed by atoms with Crippen molar-refractivity contribution in [1.29, 1.82) is 0 Å². The first kappa shape index (κ1) is 7.27. The van der Waals surface area contributed by atoms with Gasteiger partial charge in [-0.1, -0.05) is 6.92 Å². The molecule has 1 unspecified atom stereocenters. The summed E-state index contributed by atoms with van der Waals surface area (Å²) < 4.78 is 5.53. The Bertz CT molecular complexity index is 280. The first-order valence-corrected chi connectivity index (χ1v) is 4.00. The number of aromatic nitrogens is 4. The van der Waals surface area contributed by atoms with Crippen molar-refractivity contribution in [2.24, 2.45) is 0 Å². The molecule has 2 heterocycles. The van der Waals surface area contributed by atoms with Crippen LogP contribution < -0.4 is 0 Å². The second-order valence-electron chi connectivity index (χ2n) is 2.69. The second kappa shape index (κ2) is 2.92. The Morgan fingerprint density at radius 1 is 1.75 bits per heavy atom. The number of hydrogen-bond acceptors (Lipinski definition) is 4. The molecule has 5 nitrogen and oxygen atoms in total. The fraction of sp³-hybridized carbons (Fsp3) is 0.571. The van der Waals surface area contributed by atoms with Gasteiger partial charge in [-0.25, -0.2) is 0 Å². The minimum Gasteiger partial charge on any atom is -0.486 e. The van der Waals surface area contributed by atoms with E-state index in [1.807, 2.05) is 6.08 Å². The van der Waals surface area contributed by atoms with Crippen molar-refractivity contribution in [3.63, 3.8) is 0 Å². The summed E-state index contributed by atoms with van der Waals surface area (Å²) in [7, 11) is 0. The summed E-state index contributed by atoms with van der Waals surface area (Å²) in [5.74, 6) is 1.29. The Morgan fingerprint density at radius 2 is 2.67 bits per heavy atom. The monoisotopic (exact) mass is 166 g/mol. The van der Waals surface area contributed by atoms with Crippen LogP contribution in [0.15, 0.2) is 6.08 Å². The number of rotatable bonds is 2. The maximum Gasteiger partial charge on any atom is 0.238 e. The van der Waals surface area contributed by atoms with Crippen LogP contribution in [-0.4, -0.2) is 26.7 Å². The highest BCUT2D eigenvalue weighted by Crippen LogP contribution is 2.24. The summed E-state index contributed by atoms with van der Waals surface area (Å²) in [4.78, 5) is 0. The lowest BCUT2D eigenvalue weighted by atomic mass is 10.2. The molecule has 1 atom stereocenters. The third-order valence-corrected chi connectivity index (χ3v) is 1.88. The Kier molecular flexibility index (Phi) is 1.77. The quantitative estimate of drug-likeness (QED) is 0.703. The largest absolute Gasteiger partial charge is 0.486 e. The molecule has 0 amide bonds. The van der Waals surface area contributed by atoms with Gasteiger partial charge in [-0.15, -0.1) is 10.2 Å². The van der Waals surface area contributed by atoms with E-state index in [1.54, 1.807) is 0 Å². The fourth-order valence-electron chi connectivity index (χ4n) is 1.17. The number of nitrogens with one attached hydrogen (secondary N) is 1. The lowest BCUT2D eigenvalue weighted by molar-refractivity contribution is 0.185. The van der Waals surface area contributed by atoms with E-state index in [2.05, 4.69) is 27.5 Å².